The van der Waals surface area contributed by atoms with Crippen molar-refractivity contribution in [3.63, 3.8) is 0 Å². The van der Waals surface area contributed by atoms with Gasteiger partial charge in [0.15, 0.2) is 0 Å². The van der Waals surface area contributed by atoms with E-state index in [9.17, 15) is 9.90 Å². The summed E-state index contributed by atoms with van der Waals surface area (Å²) in [5.41, 5.74) is 3.36. The Morgan fingerprint density at radius 1 is 1.37 bits per heavy atom. The first-order valence-corrected chi connectivity index (χ1v) is 7.17. The van der Waals surface area contributed by atoms with Crippen molar-refractivity contribution >= 4 is 32.8 Å². The number of carbonyl (C=O) groups excluding carboxylic acids is 1. The standard InChI is InChI=1S/C14H15BrN2O2/c15-10-2-1-3-12-14(10)9-4-6-16-7-5-11(9)17(12)8-13(18)19/h1-3,16H,4-8H2,(H,18,19)/p-1. The number of carbonyl (C=O) groups is 1. The first kappa shape index (κ1) is 12.7. The zero-order valence-electron chi connectivity index (χ0n) is 10.4. The van der Waals surface area contributed by atoms with Crippen molar-refractivity contribution in [3.8, 4) is 0 Å². The van der Waals surface area contributed by atoms with Gasteiger partial charge in [-0.25, -0.2) is 0 Å². The quantitative estimate of drug-likeness (QED) is 0.891. The summed E-state index contributed by atoms with van der Waals surface area (Å²) in [6, 6.07) is 5.92. The molecule has 0 fully saturated rings. The van der Waals surface area contributed by atoms with E-state index in [1.165, 1.54) is 5.56 Å². The molecule has 0 saturated carbocycles. The third-order valence-corrected chi connectivity index (χ3v) is 4.30. The normalized spacial score (nSPS) is 15.2. The molecule has 5 heteroatoms. The van der Waals surface area contributed by atoms with Crippen molar-refractivity contribution in [1.29, 1.82) is 0 Å². The first-order valence-electron chi connectivity index (χ1n) is 6.37. The first-order chi connectivity index (χ1) is 9.18. The van der Waals surface area contributed by atoms with Crippen molar-refractivity contribution in [1.82, 2.24) is 9.88 Å². The number of carboxylic acid groups (broad SMARTS) is 1. The van der Waals surface area contributed by atoms with E-state index in [0.29, 0.717) is 0 Å². The summed E-state index contributed by atoms with van der Waals surface area (Å²) in [6.45, 7) is 1.73. The molecule has 1 aliphatic heterocycles. The fourth-order valence-electron chi connectivity index (χ4n) is 2.90. The molecule has 0 aliphatic carbocycles. The predicted octanol–water partition coefficient (Wildman–Crippen LogP) is 0.842. The average Bonchev–Trinajstić information content (AvgIpc) is 2.54. The van der Waals surface area contributed by atoms with Crippen molar-refractivity contribution in [2.24, 2.45) is 0 Å². The van der Waals surface area contributed by atoms with Gasteiger partial charge in [-0.3, -0.25) is 0 Å². The number of halogens is 1. The monoisotopic (exact) mass is 321 g/mol. The van der Waals surface area contributed by atoms with Crippen molar-refractivity contribution in [3.05, 3.63) is 33.9 Å². The molecular formula is C14H14BrN2O2-. The zero-order chi connectivity index (χ0) is 13.4. The number of aromatic nitrogens is 1. The fraction of sp³-hybridized carbons (Fsp3) is 0.357. The lowest BCUT2D eigenvalue weighted by Gasteiger charge is -2.11. The molecule has 0 spiro atoms. The molecule has 19 heavy (non-hydrogen) atoms. The molecule has 0 amide bonds. The molecule has 1 aromatic heterocycles. The molecule has 1 N–H and O–H groups in total. The van der Waals surface area contributed by atoms with Crippen molar-refractivity contribution in [2.45, 2.75) is 19.4 Å². The maximum absolute atomic E-state index is 11.0. The van der Waals surface area contributed by atoms with Gasteiger partial charge in [0, 0.05) is 34.0 Å². The lowest BCUT2D eigenvalue weighted by molar-refractivity contribution is -0.306. The van der Waals surface area contributed by atoms with Crippen LogP contribution in [0.2, 0.25) is 0 Å². The summed E-state index contributed by atoms with van der Waals surface area (Å²) in [5, 5.41) is 15.5. The van der Waals surface area contributed by atoms with Crippen LogP contribution < -0.4 is 10.4 Å². The van der Waals surface area contributed by atoms with Gasteiger partial charge in [0.1, 0.15) is 0 Å². The number of aliphatic carboxylic acids is 1. The van der Waals surface area contributed by atoms with Crippen LogP contribution in [-0.4, -0.2) is 23.6 Å². The number of carboxylic acids is 1. The molecular weight excluding hydrogens is 308 g/mol. The summed E-state index contributed by atoms with van der Waals surface area (Å²) in [7, 11) is 0. The SMILES string of the molecule is O=C([O-])Cn1c2c(c3c(Br)cccc31)CCNCC2. The van der Waals surface area contributed by atoms with Gasteiger partial charge in [-0.15, -0.1) is 0 Å². The van der Waals surface area contributed by atoms with E-state index in [1.807, 2.05) is 22.8 Å². The Labute approximate surface area is 119 Å². The van der Waals surface area contributed by atoms with Gasteiger partial charge < -0.3 is 19.8 Å². The fourth-order valence-corrected chi connectivity index (χ4v) is 3.49. The van der Waals surface area contributed by atoms with Crippen LogP contribution in [0.5, 0.6) is 0 Å². The zero-order valence-corrected chi connectivity index (χ0v) is 12.0. The summed E-state index contributed by atoms with van der Waals surface area (Å²) in [6.07, 6.45) is 1.78. The minimum atomic E-state index is -1.04. The molecule has 0 atom stereocenters. The minimum Gasteiger partial charge on any atom is -0.548 e. The maximum atomic E-state index is 11.0. The Hall–Kier alpha value is -1.33. The Morgan fingerprint density at radius 2 is 2.16 bits per heavy atom. The number of hydrogen-bond donors (Lipinski definition) is 1. The second-order valence-corrected chi connectivity index (χ2v) is 5.62. The minimum absolute atomic E-state index is 0.0811. The molecule has 0 radical (unpaired) electrons. The Kier molecular flexibility index (Phi) is 3.33. The molecule has 1 aliphatic rings. The van der Waals surface area contributed by atoms with Crippen LogP contribution in [0.15, 0.2) is 22.7 Å². The Balaban J connectivity index is 2.30. The Bertz CT molecular complexity index is 648. The number of rotatable bonds is 2. The lowest BCUT2D eigenvalue weighted by atomic mass is 10.1. The topological polar surface area (TPSA) is 57.1 Å². The van der Waals surface area contributed by atoms with Crippen molar-refractivity contribution in [2.75, 3.05) is 13.1 Å². The molecule has 4 nitrogen and oxygen atoms in total. The van der Waals surface area contributed by atoms with Crippen LogP contribution in [-0.2, 0) is 24.2 Å². The highest BCUT2D eigenvalue weighted by Gasteiger charge is 2.20. The van der Waals surface area contributed by atoms with Crippen LogP contribution in [0.1, 0.15) is 11.3 Å². The van der Waals surface area contributed by atoms with Crippen LogP contribution in [0.3, 0.4) is 0 Å². The average molecular weight is 322 g/mol. The predicted molar refractivity (Wildman–Crippen MR) is 74.9 cm³/mol. The number of nitrogens with zero attached hydrogens (tertiary/aromatic N) is 1. The van der Waals surface area contributed by atoms with E-state index in [-0.39, 0.29) is 6.54 Å². The summed E-state index contributed by atoms with van der Waals surface area (Å²) in [4.78, 5) is 11.0. The molecule has 1 aromatic carbocycles. The highest BCUT2D eigenvalue weighted by molar-refractivity contribution is 9.10. The molecule has 0 unspecified atom stereocenters. The second-order valence-electron chi connectivity index (χ2n) is 4.77. The van der Waals surface area contributed by atoms with Crippen LogP contribution in [0.25, 0.3) is 10.9 Å². The molecule has 0 saturated heterocycles. The Morgan fingerprint density at radius 3 is 2.95 bits per heavy atom. The van der Waals surface area contributed by atoms with Crippen LogP contribution in [0, 0.1) is 0 Å². The third kappa shape index (κ3) is 2.17. The van der Waals surface area contributed by atoms with E-state index < -0.39 is 5.97 Å². The molecule has 100 valence electrons. The van der Waals surface area contributed by atoms with E-state index in [1.54, 1.807) is 0 Å². The van der Waals surface area contributed by atoms with Gasteiger partial charge in [0.2, 0.25) is 0 Å². The molecule has 0 bridgehead atoms. The summed E-state index contributed by atoms with van der Waals surface area (Å²) in [5.74, 6) is -1.04. The van der Waals surface area contributed by atoms with Crippen LogP contribution >= 0.6 is 15.9 Å². The van der Waals surface area contributed by atoms with Gasteiger partial charge in [-0.05, 0) is 30.7 Å². The van der Waals surface area contributed by atoms with E-state index in [0.717, 1.165) is 47.0 Å². The van der Waals surface area contributed by atoms with Gasteiger partial charge in [0.25, 0.3) is 0 Å². The smallest absolute Gasteiger partial charge is 0.0624 e. The van der Waals surface area contributed by atoms with E-state index >= 15 is 0 Å². The van der Waals surface area contributed by atoms with E-state index in [2.05, 4.69) is 21.2 Å². The second kappa shape index (κ2) is 4.98. The van der Waals surface area contributed by atoms with Gasteiger partial charge in [-0.2, -0.15) is 0 Å². The summed E-state index contributed by atoms with van der Waals surface area (Å²) >= 11 is 3.58. The summed E-state index contributed by atoms with van der Waals surface area (Å²) < 4.78 is 2.91. The maximum Gasteiger partial charge on any atom is 0.0624 e. The number of fused-ring (bicyclic) bond motifs is 3. The highest BCUT2D eigenvalue weighted by atomic mass is 79.9. The number of benzene rings is 1. The third-order valence-electron chi connectivity index (χ3n) is 3.64. The number of hydrogen-bond acceptors (Lipinski definition) is 3. The molecule has 2 aromatic rings. The number of nitrogens with one attached hydrogen (secondary N) is 1. The van der Waals surface area contributed by atoms with Gasteiger partial charge in [0.05, 0.1) is 12.5 Å². The van der Waals surface area contributed by atoms with Gasteiger partial charge in [-0.1, -0.05) is 22.0 Å². The van der Waals surface area contributed by atoms with Gasteiger partial charge >= 0.3 is 0 Å². The van der Waals surface area contributed by atoms with Crippen LogP contribution in [0.4, 0.5) is 0 Å². The largest absolute Gasteiger partial charge is 0.548 e. The lowest BCUT2D eigenvalue weighted by Crippen LogP contribution is -2.28. The van der Waals surface area contributed by atoms with E-state index in [4.69, 9.17) is 0 Å². The van der Waals surface area contributed by atoms with Crippen molar-refractivity contribution < 1.29 is 9.90 Å². The molecule has 3 rings (SSSR count). The highest BCUT2D eigenvalue weighted by Crippen LogP contribution is 2.33. The molecule has 2 heterocycles.